The SMILES string of the molecule is Cc1ccc(-n2nc(-c3ccccc3)c3c2N(CC(=O)NC[C@@H]2CCCO2)C(=O)CS[C@@H]3c2cccc(Cl)c2)cc1. The number of aryl methyl sites for hydroxylation is 1. The van der Waals surface area contributed by atoms with Crippen LogP contribution in [-0.2, 0) is 14.3 Å². The average molecular weight is 587 g/mol. The maximum atomic E-state index is 13.8. The van der Waals surface area contributed by atoms with Gasteiger partial charge in [0.1, 0.15) is 12.4 Å². The van der Waals surface area contributed by atoms with Gasteiger partial charge in [-0.2, -0.15) is 5.10 Å². The molecule has 2 amide bonds. The summed E-state index contributed by atoms with van der Waals surface area (Å²) in [4.78, 5) is 28.7. The molecule has 4 aromatic rings. The molecule has 210 valence electrons. The quantitative estimate of drug-likeness (QED) is 0.289. The molecule has 0 aliphatic carbocycles. The van der Waals surface area contributed by atoms with Gasteiger partial charge in [0.05, 0.1) is 28.5 Å². The van der Waals surface area contributed by atoms with E-state index in [1.807, 2.05) is 90.5 Å². The van der Waals surface area contributed by atoms with Gasteiger partial charge in [-0.3, -0.25) is 14.5 Å². The van der Waals surface area contributed by atoms with Crippen molar-refractivity contribution < 1.29 is 14.3 Å². The number of aromatic nitrogens is 2. The van der Waals surface area contributed by atoms with Gasteiger partial charge >= 0.3 is 0 Å². The molecule has 0 bridgehead atoms. The summed E-state index contributed by atoms with van der Waals surface area (Å²) < 4.78 is 7.49. The number of halogens is 1. The Balaban J connectivity index is 1.51. The van der Waals surface area contributed by atoms with Crippen molar-refractivity contribution in [1.82, 2.24) is 15.1 Å². The Kier molecular flexibility index (Phi) is 8.14. The lowest BCUT2D eigenvalue weighted by molar-refractivity contribution is -0.123. The van der Waals surface area contributed by atoms with E-state index >= 15 is 0 Å². The van der Waals surface area contributed by atoms with E-state index in [-0.39, 0.29) is 35.5 Å². The molecule has 0 radical (unpaired) electrons. The zero-order valence-corrected chi connectivity index (χ0v) is 24.3. The van der Waals surface area contributed by atoms with Gasteiger partial charge < -0.3 is 10.1 Å². The van der Waals surface area contributed by atoms with Crippen LogP contribution in [0.15, 0.2) is 78.9 Å². The molecule has 41 heavy (non-hydrogen) atoms. The molecule has 1 N–H and O–H groups in total. The predicted molar refractivity (Wildman–Crippen MR) is 164 cm³/mol. The number of hydrogen-bond donors (Lipinski definition) is 1. The second kappa shape index (κ2) is 12.1. The number of hydrogen-bond acceptors (Lipinski definition) is 5. The predicted octanol–water partition coefficient (Wildman–Crippen LogP) is 5.97. The first-order valence-corrected chi connectivity index (χ1v) is 15.2. The number of rotatable bonds is 7. The van der Waals surface area contributed by atoms with Crippen molar-refractivity contribution in [3.63, 3.8) is 0 Å². The number of ether oxygens (including phenoxy) is 1. The molecule has 1 aromatic heterocycles. The smallest absolute Gasteiger partial charge is 0.240 e. The van der Waals surface area contributed by atoms with E-state index in [4.69, 9.17) is 21.4 Å². The van der Waals surface area contributed by atoms with Crippen LogP contribution < -0.4 is 10.2 Å². The van der Waals surface area contributed by atoms with Gasteiger partial charge in [0.25, 0.3) is 0 Å². The number of nitrogens with one attached hydrogen (secondary N) is 1. The van der Waals surface area contributed by atoms with Crippen LogP contribution in [0.25, 0.3) is 16.9 Å². The monoisotopic (exact) mass is 586 g/mol. The van der Waals surface area contributed by atoms with Crippen molar-refractivity contribution >= 4 is 41.0 Å². The normalized spacial score (nSPS) is 18.7. The highest BCUT2D eigenvalue weighted by molar-refractivity contribution is 8.00. The van der Waals surface area contributed by atoms with Gasteiger partial charge in [0.15, 0.2) is 0 Å². The molecule has 1 saturated heterocycles. The molecular formula is C32H31ClN4O3S. The topological polar surface area (TPSA) is 76.5 Å². The zero-order valence-electron chi connectivity index (χ0n) is 22.8. The van der Waals surface area contributed by atoms with Crippen LogP contribution in [0.5, 0.6) is 0 Å². The largest absolute Gasteiger partial charge is 0.376 e. The highest BCUT2D eigenvalue weighted by Gasteiger charge is 2.37. The summed E-state index contributed by atoms with van der Waals surface area (Å²) in [5.41, 5.74) is 5.47. The number of anilines is 1. The fourth-order valence-corrected chi connectivity index (χ4v) is 6.75. The van der Waals surface area contributed by atoms with Gasteiger partial charge in [-0.1, -0.05) is 71.8 Å². The third kappa shape index (κ3) is 5.91. The summed E-state index contributed by atoms with van der Waals surface area (Å²) >= 11 is 7.97. The standard InChI is InChI=1S/C32H31ClN4O3S/c1-21-12-14-25(15-13-21)37-32-29(30(35-37)22-7-3-2-4-8-22)31(23-9-5-10-24(33)17-23)41-20-28(39)36(32)19-27(38)34-18-26-11-6-16-40-26/h2-5,7-10,12-15,17,26,31H,6,11,16,18-20H2,1H3,(H,34,38)/t26-,31+/m0/s1. The Bertz CT molecular complexity index is 1550. The van der Waals surface area contributed by atoms with Crippen LogP contribution in [0.2, 0.25) is 5.02 Å². The number of nitrogens with zero attached hydrogens (tertiary/aromatic N) is 3. The lowest BCUT2D eigenvalue weighted by Crippen LogP contribution is -2.44. The molecule has 2 atom stereocenters. The summed E-state index contributed by atoms with van der Waals surface area (Å²) in [6.45, 7) is 3.06. The number of carbonyl (C=O) groups excluding carboxylic acids is 2. The van der Waals surface area contributed by atoms with Crippen molar-refractivity contribution in [3.8, 4) is 16.9 Å². The summed E-state index contributed by atoms with van der Waals surface area (Å²) in [6, 6.07) is 25.7. The lowest BCUT2D eigenvalue weighted by atomic mass is 9.99. The van der Waals surface area contributed by atoms with E-state index in [1.165, 1.54) is 11.8 Å². The molecule has 0 spiro atoms. The van der Waals surface area contributed by atoms with Gasteiger partial charge in [-0.25, -0.2) is 4.68 Å². The molecule has 1 fully saturated rings. The zero-order chi connectivity index (χ0) is 28.3. The third-order valence-electron chi connectivity index (χ3n) is 7.42. The number of benzene rings is 3. The maximum absolute atomic E-state index is 13.8. The Morgan fingerprint density at radius 1 is 1.10 bits per heavy atom. The van der Waals surface area contributed by atoms with E-state index < -0.39 is 0 Å². The summed E-state index contributed by atoms with van der Waals surface area (Å²) in [5, 5.41) is 8.50. The van der Waals surface area contributed by atoms with Crippen molar-refractivity contribution in [1.29, 1.82) is 0 Å². The van der Waals surface area contributed by atoms with Gasteiger partial charge in [-0.15, -0.1) is 11.8 Å². The molecule has 0 saturated carbocycles. The van der Waals surface area contributed by atoms with Crippen LogP contribution in [0.1, 0.15) is 34.8 Å². The Morgan fingerprint density at radius 2 is 1.90 bits per heavy atom. The minimum atomic E-state index is -0.234. The first-order chi connectivity index (χ1) is 20.0. The number of thioether (sulfide) groups is 1. The van der Waals surface area contributed by atoms with Crippen LogP contribution in [-0.4, -0.2) is 53.1 Å². The fraction of sp³-hybridized carbons (Fsp3) is 0.281. The minimum Gasteiger partial charge on any atom is -0.376 e. The summed E-state index contributed by atoms with van der Waals surface area (Å²) in [7, 11) is 0. The van der Waals surface area contributed by atoms with Gasteiger partial charge in [0.2, 0.25) is 11.8 Å². The molecular weight excluding hydrogens is 556 g/mol. The van der Waals surface area contributed by atoms with Crippen LogP contribution in [0, 0.1) is 6.92 Å². The summed E-state index contributed by atoms with van der Waals surface area (Å²) in [5.74, 6) is 0.414. The molecule has 3 heterocycles. The molecule has 7 nitrogen and oxygen atoms in total. The van der Waals surface area contributed by atoms with E-state index in [9.17, 15) is 9.59 Å². The van der Waals surface area contributed by atoms with Gasteiger partial charge in [-0.05, 0) is 49.6 Å². The summed E-state index contributed by atoms with van der Waals surface area (Å²) in [6.07, 6.45) is 1.93. The van der Waals surface area contributed by atoms with Crippen molar-refractivity contribution in [2.45, 2.75) is 31.1 Å². The fourth-order valence-electron chi connectivity index (χ4n) is 5.36. The Morgan fingerprint density at radius 3 is 2.63 bits per heavy atom. The second-order valence-corrected chi connectivity index (χ2v) is 11.9. The van der Waals surface area contributed by atoms with E-state index in [0.717, 1.165) is 46.5 Å². The molecule has 2 aliphatic heterocycles. The highest BCUT2D eigenvalue weighted by atomic mass is 35.5. The van der Waals surface area contributed by atoms with Gasteiger partial charge in [0, 0.05) is 29.3 Å². The number of carbonyl (C=O) groups is 2. The first kappa shape index (κ1) is 27.6. The van der Waals surface area contributed by atoms with Crippen molar-refractivity contribution in [3.05, 3.63) is 101 Å². The third-order valence-corrected chi connectivity index (χ3v) is 8.91. The average Bonchev–Trinajstić information content (AvgIpc) is 3.62. The van der Waals surface area contributed by atoms with Crippen molar-refractivity contribution in [2.24, 2.45) is 0 Å². The Hall–Kier alpha value is -3.59. The highest BCUT2D eigenvalue weighted by Crippen LogP contribution is 2.48. The second-order valence-electron chi connectivity index (χ2n) is 10.4. The van der Waals surface area contributed by atoms with E-state index in [1.54, 1.807) is 4.90 Å². The minimum absolute atomic E-state index is 0.0138. The maximum Gasteiger partial charge on any atom is 0.240 e. The Labute approximate surface area is 248 Å². The van der Waals surface area contributed by atoms with E-state index in [0.29, 0.717) is 24.0 Å². The molecule has 9 heteroatoms. The number of amides is 2. The lowest BCUT2D eigenvalue weighted by Gasteiger charge is -2.23. The molecule has 0 unspecified atom stereocenters. The van der Waals surface area contributed by atoms with Crippen LogP contribution >= 0.6 is 23.4 Å². The number of fused-ring (bicyclic) bond motifs is 1. The molecule has 2 aliphatic rings. The van der Waals surface area contributed by atoms with Crippen LogP contribution in [0.3, 0.4) is 0 Å². The molecule has 3 aromatic carbocycles. The van der Waals surface area contributed by atoms with E-state index in [2.05, 4.69) is 5.32 Å². The van der Waals surface area contributed by atoms with Crippen molar-refractivity contribution in [2.75, 3.05) is 30.3 Å². The van der Waals surface area contributed by atoms with Crippen LogP contribution in [0.4, 0.5) is 5.82 Å². The first-order valence-electron chi connectivity index (χ1n) is 13.8. The molecule has 6 rings (SSSR count).